The Balaban J connectivity index is 2.48. The maximum Gasteiger partial charge on any atom is 0.331 e. The number of nitrogens with two attached hydrogens (primary N) is 1. The van der Waals surface area contributed by atoms with Crippen LogP contribution in [0.15, 0.2) is 40.1 Å². The molecule has 2 aromatic rings. The summed E-state index contributed by atoms with van der Waals surface area (Å²) in [6.07, 6.45) is 1.55. The van der Waals surface area contributed by atoms with Crippen molar-refractivity contribution in [2.24, 2.45) is 5.73 Å². The van der Waals surface area contributed by atoms with Crippen LogP contribution in [0.1, 0.15) is 16.7 Å². The maximum atomic E-state index is 12.3. The molecule has 0 aliphatic heterocycles. The van der Waals surface area contributed by atoms with Gasteiger partial charge < -0.3 is 5.73 Å². The van der Waals surface area contributed by atoms with Crippen molar-refractivity contribution < 1.29 is 0 Å². The molecule has 5 heteroatoms. The smallest absolute Gasteiger partial charge is 0.329 e. The maximum absolute atomic E-state index is 12.3. The van der Waals surface area contributed by atoms with Crippen LogP contribution in [-0.2, 0) is 13.1 Å². The van der Waals surface area contributed by atoms with Gasteiger partial charge in [0.1, 0.15) is 0 Å². The lowest BCUT2D eigenvalue weighted by atomic mass is 10.0. The Hall–Kier alpha value is -2.14. The fourth-order valence-corrected chi connectivity index (χ4v) is 2.28. The molecule has 0 fully saturated rings. The van der Waals surface area contributed by atoms with E-state index in [4.69, 9.17) is 5.73 Å². The Morgan fingerprint density at radius 1 is 1.10 bits per heavy atom. The molecule has 2 N–H and O–H groups in total. The highest BCUT2D eigenvalue weighted by atomic mass is 16.2. The number of benzene rings is 1. The van der Waals surface area contributed by atoms with Crippen molar-refractivity contribution in [2.45, 2.75) is 26.9 Å². The molecule has 1 aromatic carbocycles. The first-order valence-corrected chi connectivity index (χ1v) is 6.60. The van der Waals surface area contributed by atoms with E-state index in [1.54, 1.807) is 10.8 Å². The molecular weight excluding hydrogens is 254 g/mol. The monoisotopic (exact) mass is 273 g/mol. The fraction of sp³-hybridized carbons (Fsp3) is 0.333. The SMILES string of the molecule is Cc1cccc(C)c1Cn1ccc(=O)n(CCN)c1=O. The molecule has 106 valence electrons. The average molecular weight is 273 g/mol. The molecule has 20 heavy (non-hydrogen) atoms. The number of hydrogen-bond acceptors (Lipinski definition) is 3. The van der Waals surface area contributed by atoms with E-state index in [2.05, 4.69) is 0 Å². The quantitative estimate of drug-likeness (QED) is 0.888. The van der Waals surface area contributed by atoms with E-state index in [0.717, 1.165) is 16.7 Å². The van der Waals surface area contributed by atoms with Crippen LogP contribution in [0, 0.1) is 13.8 Å². The van der Waals surface area contributed by atoms with Gasteiger partial charge in [-0.05, 0) is 30.5 Å². The van der Waals surface area contributed by atoms with Crippen molar-refractivity contribution >= 4 is 0 Å². The minimum atomic E-state index is -0.314. The normalized spacial score (nSPS) is 10.8. The van der Waals surface area contributed by atoms with Crippen LogP contribution in [-0.4, -0.2) is 15.7 Å². The zero-order valence-corrected chi connectivity index (χ0v) is 11.8. The van der Waals surface area contributed by atoms with E-state index >= 15 is 0 Å². The van der Waals surface area contributed by atoms with Gasteiger partial charge in [0.2, 0.25) is 0 Å². The summed E-state index contributed by atoms with van der Waals surface area (Å²) in [4.78, 5) is 23.9. The van der Waals surface area contributed by atoms with Crippen LogP contribution in [0.4, 0.5) is 0 Å². The van der Waals surface area contributed by atoms with Gasteiger partial charge in [-0.1, -0.05) is 18.2 Å². The van der Waals surface area contributed by atoms with E-state index < -0.39 is 0 Å². The number of aromatic nitrogens is 2. The number of nitrogens with zero attached hydrogens (tertiary/aromatic N) is 2. The zero-order chi connectivity index (χ0) is 14.7. The first kappa shape index (κ1) is 14.3. The van der Waals surface area contributed by atoms with Crippen LogP contribution < -0.4 is 17.0 Å². The second kappa shape index (κ2) is 5.88. The Morgan fingerprint density at radius 3 is 2.35 bits per heavy atom. The molecule has 0 bridgehead atoms. The van der Waals surface area contributed by atoms with Crippen molar-refractivity contribution in [2.75, 3.05) is 6.54 Å². The minimum Gasteiger partial charge on any atom is -0.329 e. The van der Waals surface area contributed by atoms with Gasteiger partial charge in [0.25, 0.3) is 5.56 Å². The third-order valence-electron chi connectivity index (χ3n) is 3.47. The Morgan fingerprint density at radius 2 is 1.75 bits per heavy atom. The van der Waals surface area contributed by atoms with Gasteiger partial charge in [-0.15, -0.1) is 0 Å². The van der Waals surface area contributed by atoms with Gasteiger partial charge in [-0.2, -0.15) is 0 Å². The predicted molar refractivity (Wildman–Crippen MR) is 79.0 cm³/mol. The van der Waals surface area contributed by atoms with E-state index in [0.29, 0.717) is 6.54 Å². The summed E-state index contributed by atoms with van der Waals surface area (Å²) in [5, 5.41) is 0. The molecule has 0 aliphatic carbocycles. The molecule has 0 saturated carbocycles. The molecule has 2 rings (SSSR count). The predicted octanol–water partition coefficient (Wildman–Crippen LogP) is 0.634. The zero-order valence-electron chi connectivity index (χ0n) is 11.8. The van der Waals surface area contributed by atoms with E-state index in [1.807, 2.05) is 32.0 Å². The summed E-state index contributed by atoms with van der Waals surface area (Å²) in [7, 11) is 0. The fourth-order valence-electron chi connectivity index (χ4n) is 2.28. The highest BCUT2D eigenvalue weighted by Crippen LogP contribution is 2.13. The Labute approximate surface area is 117 Å². The van der Waals surface area contributed by atoms with Crippen LogP contribution >= 0.6 is 0 Å². The Kier molecular flexibility index (Phi) is 4.20. The third kappa shape index (κ3) is 2.72. The minimum absolute atomic E-state index is 0.241. The largest absolute Gasteiger partial charge is 0.331 e. The number of aryl methyl sites for hydroxylation is 2. The van der Waals surface area contributed by atoms with E-state index in [-0.39, 0.29) is 24.3 Å². The summed E-state index contributed by atoms with van der Waals surface area (Å²) in [5.74, 6) is 0. The average Bonchev–Trinajstić information content (AvgIpc) is 2.41. The number of hydrogen-bond donors (Lipinski definition) is 1. The third-order valence-corrected chi connectivity index (χ3v) is 3.47. The lowest BCUT2D eigenvalue weighted by Crippen LogP contribution is -2.40. The molecule has 1 aromatic heterocycles. The standard InChI is InChI=1S/C15H19N3O2/c1-11-4-3-5-12(2)13(11)10-17-8-6-14(19)18(9-7-16)15(17)20/h3-6,8H,7,9-10,16H2,1-2H3. The molecule has 1 heterocycles. The van der Waals surface area contributed by atoms with Crippen molar-refractivity contribution in [3.05, 3.63) is 68.0 Å². The van der Waals surface area contributed by atoms with Gasteiger partial charge in [0, 0.05) is 25.4 Å². The summed E-state index contributed by atoms with van der Waals surface area (Å²) < 4.78 is 2.72. The van der Waals surface area contributed by atoms with Crippen LogP contribution in [0.25, 0.3) is 0 Å². The molecule has 0 aliphatic rings. The van der Waals surface area contributed by atoms with Crippen molar-refractivity contribution in [3.8, 4) is 0 Å². The van der Waals surface area contributed by atoms with Gasteiger partial charge in [0.15, 0.2) is 0 Å². The molecule has 5 nitrogen and oxygen atoms in total. The molecule has 0 amide bonds. The van der Waals surface area contributed by atoms with Crippen LogP contribution in [0.5, 0.6) is 0 Å². The van der Waals surface area contributed by atoms with Gasteiger partial charge >= 0.3 is 5.69 Å². The van der Waals surface area contributed by atoms with Crippen molar-refractivity contribution in [1.29, 1.82) is 0 Å². The summed E-state index contributed by atoms with van der Waals surface area (Å²) in [5.41, 5.74) is 8.19. The molecule has 0 atom stereocenters. The number of rotatable bonds is 4. The topological polar surface area (TPSA) is 70.0 Å². The molecular formula is C15H19N3O2. The summed E-state index contributed by atoms with van der Waals surface area (Å²) >= 11 is 0. The molecule has 0 saturated heterocycles. The second-order valence-electron chi connectivity index (χ2n) is 4.88. The molecule has 0 unspecified atom stereocenters. The molecule has 0 radical (unpaired) electrons. The van der Waals surface area contributed by atoms with Crippen LogP contribution in [0.2, 0.25) is 0 Å². The molecule has 0 spiro atoms. The van der Waals surface area contributed by atoms with Crippen LogP contribution in [0.3, 0.4) is 0 Å². The second-order valence-corrected chi connectivity index (χ2v) is 4.88. The van der Waals surface area contributed by atoms with Gasteiger partial charge in [-0.3, -0.25) is 13.9 Å². The van der Waals surface area contributed by atoms with E-state index in [9.17, 15) is 9.59 Å². The first-order valence-electron chi connectivity index (χ1n) is 6.60. The summed E-state index contributed by atoms with van der Waals surface area (Å²) in [6.45, 7) is 5.00. The lowest BCUT2D eigenvalue weighted by Gasteiger charge is -2.13. The van der Waals surface area contributed by atoms with Crippen molar-refractivity contribution in [1.82, 2.24) is 9.13 Å². The Bertz CT molecular complexity index is 708. The first-order chi connectivity index (χ1) is 9.54. The summed E-state index contributed by atoms with van der Waals surface area (Å²) in [6, 6.07) is 7.43. The highest BCUT2D eigenvalue weighted by Gasteiger charge is 2.08. The highest BCUT2D eigenvalue weighted by molar-refractivity contribution is 5.33. The van der Waals surface area contributed by atoms with E-state index in [1.165, 1.54) is 10.6 Å². The van der Waals surface area contributed by atoms with Gasteiger partial charge in [0.05, 0.1) is 6.54 Å². The van der Waals surface area contributed by atoms with Gasteiger partial charge in [-0.25, -0.2) is 4.79 Å². The lowest BCUT2D eigenvalue weighted by molar-refractivity contribution is 0.578. The van der Waals surface area contributed by atoms with Crippen molar-refractivity contribution in [3.63, 3.8) is 0 Å².